The molecule has 0 aliphatic rings. The maximum absolute atomic E-state index is 12.5. The monoisotopic (exact) mass is 407 g/mol. The first kappa shape index (κ1) is 21.5. The van der Waals surface area contributed by atoms with Crippen LogP contribution in [-0.4, -0.2) is 26.7 Å². The third-order valence-corrected chi connectivity index (χ3v) is 5.22. The van der Waals surface area contributed by atoms with E-state index in [1.54, 1.807) is 20.3 Å². The van der Waals surface area contributed by atoms with Gasteiger partial charge in [-0.2, -0.15) is 0 Å². The van der Waals surface area contributed by atoms with Gasteiger partial charge in [-0.1, -0.05) is 23.8 Å². The van der Waals surface area contributed by atoms with Gasteiger partial charge < -0.3 is 19.2 Å². The highest BCUT2D eigenvalue weighted by Crippen LogP contribution is 2.27. The fourth-order valence-corrected chi connectivity index (χ4v) is 3.70. The lowest BCUT2D eigenvalue weighted by Gasteiger charge is -2.10. The van der Waals surface area contributed by atoms with E-state index in [0.29, 0.717) is 36.6 Å². The van der Waals surface area contributed by atoms with Crippen LogP contribution in [0, 0.1) is 20.8 Å². The van der Waals surface area contributed by atoms with Crippen LogP contribution in [0.2, 0.25) is 0 Å². The highest BCUT2D eigenvalue weighted by Gasteiger charge is 2.13. The third-order valence-electron chi connectivity index (χ3n) is 5.22. The van der Waals surface area contributed by atoms with Crippen molar-refractivity contribution in [1.29, 1.82) is 0 Å². The van der Waals surface area contributed by atoms with Crippen molar-refractivity contribution in [2.45, 2.75) is 33.6 Å². The number of hydrogen-bond donors (Lipinski definition) is 1. The zero-order valence-electron chi connectivity index (χ0n) is 18.3. The molecule has 5 nitrogen and oxygen atoms in total. The van der Waals surface area contributed by atoms with Gasteiger partial charge in [0.1, 0.15) is 5.76 Å². The summed E-state index contributed by atoms with van der Waals surface area (Å²) in [6.07, 6.45) is 1.36. The first-order valence-electron chi connectivity index (χ1n) is 10.1. The molecule has 1 N–H and O–H groups in total. The average Bonchev–Trinajstić information content (AvgIpc) is 3.19. The van der Waals surface area contributed by atoms with E-state index in [1.165, 1.54) is 22.3 Å². The van der Waals surface area contributed by atoms with Crippen LogP contribution < -0.4 is 14.8 Å². The SMILES string of the molecule is COc1ccc(CCNC(=O)c2ccc(Cc3c(C)cc(C)cc3C)o2)cc1OC. The fourth-order valence-electron chi connectivity index (χ4n) is 3.70. The average molecular weight is 408 g/mol. The Kier molecular flexibility index (Phi) is 6.83. The van der Waals surface area contributed by atoms with Crippen molar-refractivity contribution in [1.82, 2.24) is 5.32 Å². The first-order valence-corrected chi connectivity index (χ1v) is 10.1. The summed E-state index contributed by atoms with van der Waals surface area (Å²) in [4.78, 5) is 12.5. The van der Waals surface area contributed by atoms with Crippen LogP contribution >= 0.6 is 0 Å². The van der Waals surface area contributed by atoms with Crippen LogP contribution in [-0.2, 0) is 12.8 Å². The molecule has 0 bridgehead atoms. The summed E-state index contributed by atoms with van der Waals surface area (Å²) in [5, 5.41) is 2.92. The first-order chi connectivity index (χ1) is 14.4. The number of carbonyl (C=O) groups excluding carboxylic acids is 1. The van der Waals surface area contributed by atoms with Crippen molar-refractivity contribution >= 4 is 5.91 Å². The molecule has 0 saturated carbocycles. The molecule has 5 heteroatoms. The Hall–Kier alpha value is -3.21. The minimum absolute atomic E-state index is 0.209. The number of carbonyl (C=O) groups is 1. The maximum atomic E-state index is 12.5. The Morgan fingerprint density at radius 3 is 2.30 bits per heavy atom. The Balaban J connectivity index is 1.58. The van der Waals surface area contributed by atoms with Gasteiger partial charge in [-0.25, -0.2) is 0 Å². The Morgan fingerprint density at radius 2 is 1.63 bits per heavy atom. The van der Waals surface area contributed by atoms with Gasteiger partial charge in [0.15, 0.2) is 17.3 Å². The molecule has 2 aromatic carbocycles. The molecule has 1 heterocycles. The summed E-state index contributed by atoms with van der Waals surface area (Å²) in [6, 6.07) is 13.7. The van der Waals surface area contributed by atoms with E-state index >= 15 is 0 Å². The van der Waals surface area contributed by atoms with E-state index in [4.69, 9.17) is 13.9 Å². The summed E-state index contributed by atoms with van der Waals surface area (Å²) < 4.78 is 16.4. The fraction of sp³-hybridized carbons (Fsp3) is 0.320. The van der Waals surface area contributed by atoms with E-state index in [2.05, 4.69) is 38.2 Å². The summed E-state index contributed by atoms with van der Waals surface area (Å²) >= 11 is 0. The van der Waals surface area contributed by atoms with Crippen molar-refractivity contribution in [3.05, 3.63) is 81.8 Å². The molecule has 0 aliphatic carbocycles. The Morgan fingerprint density at radius 1 is 0.933 bits per heavy atom. The minimum atomic E-state index is -0.209. The normalized spacial score (nSPS) is 10.7. The molecule has 30 heavy (non-hydrogen) atoms. The van der Waals surface area contributed by atoms with Crippen molar-refractivity contribution in [2.75, 3.05) is 20.8 Å². The van der Waals surface area contributed by atoms with Gasteiger partial charge in [-0.3, -0.25) is 4.79 Å². The van der Waals surface area contributed by atoms with E-state index in [1.807, 2.05) is 24.3 Å². The lowest BCUT2D eigenvalue weighted by Crippen LogP contribution is -2.25. The molecular weight excluding hydrogens is 378 g/mol. The standard InChI is InChI=1S/C25H29NO4/c1-16-12-17(2)21(18(3)13-16)15-20-7-9-23(30-20)25(27)26-11-10-19-6-8-22(28-4)24(14-19)29-5/h6-9,12-14H,10-11,15H2,1-5H3,(H,26,27). The molecule has 0 unspecified atom stereocenters. The molecule has 0 fully saturated rings. The van der Waals surface area contributed by atoms with Gasteiger partial charge in [0, 0.05) is 13.0 Å². The van der Waals surface area contributed by atoms with Gasteiger partial charge in [-0.15, -0.1) is 0 Å². The molecule has 1 amide bonds. The van der Waals surface area contributed by atoms with Gasteiger partial charge in [0.2, 0.25) is 0 Å². The number of nitrogens with one attached hydrogen (secondary N) is 1. The second-order valence-electron chi connectivity index (χ2n) is 7.52. The number of ether oxygens (including phenoxy) is 2. The van der Waals surface area contributed by atoms with Crippen LogP contribution in [0.1, 0.15) is 44.1 Å². The van der Waals surface area contributed by atoms with Gasteiger partial charge in [-0.05, 0) is 73.7 Å². The molecule has 158 valence electrons. The number of furan rings is 1. The largest absolute Gasteiger partial charge is 0.493 e. The number of aryl methyl sites for hydroxylation is 3. The zero-order valence-corrected chi connectivity index (χ0v) is 18.3. The number of amides is 1. The quantitative estimate of drug-likeness (QED) is 0.583. The highest BCUT2D eigenvalue weighted by molar-refractivity contribution is 5.91. The van der Waals surface area contributed by atoms with Crippen LogP contribution in [0.3, 0.4) is 0 Å². The number of rotatable bonds is 8. The number of benzene rings is 2. The molecule has 0 spiro atoms. The second-order valence-corrected chi connectivity index (χ2v) is 7.52. The molecule has 3 rings (SSSR count). The van der Waals surface area contributed by atoms with Crippen molar-refractivity contribution in [2.24, 2.45) is 0 Å². The molecule has 3 aromatic rings. The summed E-state index contributed by atoms with van der Waals surface area (Å²) in [5.74, 6) is 2.28. The summed E-state index contributed by atoms with van der Waals surface area (Å²) in [6.45, 7) is 6.82. The molecule has 0 saturated heterocycles. The number of methoxy groups -OCH3 is 2. The lowest BCUT2D eigenvalue weighted by molar-refractivity contribution is 0.0925. The molecule has 0 atom stereocenters. The van der Waals surface area contributed by atoms with E-state index in [0.717, 1.165) is 11.3 Å². The lowest BCUT2D eigenvalue weighted by atomic mass is 9.97. The summed E-state index contributed by atoms with van der Waals surface area (Å²) in [5.41, 5.74) is 6.03. The van der Waals surface area contributed by atoms with Crippen molar-refractivity contribution in [3.8, 4) is 11.5 Å². The van der Waals surface area contributed by atoms with Gasteiger partial charge in [0.05, 0.1) is 14.2 Å². The maximum Gasteiger partial charge on any atom is 0.287 e. The molecule has 1 aromatic heterocycles. The second kappa shape index (κ2) is 9.53. The smallest absolute Gasteiger partial charge is 0.287 e. The Labute approximate surface area is 178 Å². The van der Waals surface area contributed by atoms with Gasteiger partial charge in [0.25, 0.3) is 5.91 Å². The van der Waals surface area contributed by atoms with Crippen LogP contribution in [0.5, 0.6) is 11.5 Å². The number of hydrogen-bond acceptors (Lipinski definition) is 4. The van der Waals surface area contributed by atoms with E-state index in [-0.39, 0.29) is 5.91 Å². The van der Waals surface area contributed by atoms with Crippen molar-refractivity contribution < 1.29 is 18.7 Å². The predicted octanol–water partition coefficient (Wildman–Crippen LogP) is 4.79. The molecular formula is C25H29NO4. The van der Waals surface area contributed by atoms with E-state index < -0.39 is 0 Å². The van der Waals surface area contributed by atoms with Crippen LogP contribution in [0.25, 0.3) is 0 Å². The minimum Gasteiger partial charge on any atom is -0.493 e. The van der Waals surface area contributed by atoms with Crippen molar-refractivity contribution in [3.63, 3.8) is 0 Å². The summed E-state index contributed by atoms with van der Waals surface area (Å²) in [7, 11) is 3.22. The molecule has 0 radical (unpaired) electrons. The molecule has 0 aliphatic heterocycles. The van der Waals surface area contributed by atoms with Gasteiger partial charge >= 0.3 is 0 Å². The third kappa shape index (κ3) is 5.03. The van der Waals surface area contributed by atoms with Crippen LogP contribution in [0.4, 0.5) is 0 Å². The van der Waals surface area contributed by atoms with Crippen LogP contribution in [0.15, 0.2) is 46.9 Å². The predicted molar refractivity (Wildman–Crippen MR) is 118 cm³/mol. The topological polar surface area (TPSA) is 60.7 Å². The van der Waals surface area contributed by atoms with E-state index in [9.17, 15) is 4.79 Å². The zero-order chi connectivity index (χ0) is 21.7. The highest BCUT2D eigenvalue weighted by atomic mass is 16.5. The Bertz CT molecular complexity index is 1010.